The van der Waals surface area contributed by atoms with E-state index >= 15 is 0 Å². The van der Waals surface area contributed by atoms with Gasteiger partial charge < -0.3 is 9.67 Å². The molecule has 1 N–H and O–H groups in total. The molecule has 6 aliphatic rings. The van der Waals surface area contributed by atoms with Crippen LogP contribution in [0.15, 0.2) is 24.7 Å². The van der Waals surface area contributed by atoms with E-state index in [0.717, 1.165) is 48.3 Å². The highest BCUT2D eigenvalue weighted by atomic mass is 16.3. The first-order chi connectivity index (χ1) is 15.3. The fourth-order valence-electron chi connectivity index (χ4n) is 8.88. The van der Waals surface area contributed by atoms with Crippen molar-refractivity contribution in [3.63, 3.8) is 0 Å². The number of carbonyl (C=O) groups excluding carboxylic acids is 1. The standard InChI is InChI=1S/C27H37N3O2/c1-26(32)10-7-19-17(13-26)3-4-21-20(19)8-11-27(2)22(21)5-6-23(27)25(31)16-30-12-9-18-14-28-29-24(18)15-30/h9,12,14-15,17,19-23,32H,3-8,10-11,13,16H2,1-2H3. The Morgan fingerprint density at radius 3 is 2.81 bits per heavy atom. The molecule has 4 fully saturated rings. The highest BCUT2D eigenvalue weighted by molar-refractivity contribution is 5.82. The molecule has 2 aliphatic heterocycles. The monoisotopic (exact) mass is 435 g/mol. The van der Waals surface area contributed by atoms with Crippen molar-refractivity contribution in [3.8, 4) is 11.3 Å². The maximum absolute atomic E-state index is 13.5. The van der Waals surface area contributed by atoms with Gasteiger partial charge in [0.15, 0.2) is 5.78 Å². The van der Waals surface area contributed by atoms with E-state index in [4.69, 9.17) is 0 Å². The van der Waals surface area contributed by atoms with Crippen molar-refractivity contribution in [2.24, 2.45) is 40.9 Å². The topological polar surface area (TPSA) is 68.0 Å². The molecule has 0 spiro atoms. The number of hydrogen-bond donors (Lipinski definition) is 1. The van der Waals surface area contributed by atoms with Gasteiger partial charge in [0.05, 0.1) is 18.3 Å². The Hall–Kier alpha value is -1.75. The van der Waals surface area contributed by atoms with Crippen molar-refractivity contribution in [1.29, 1.82) is 0 Å². The van der Waals surface area contributed by atoms with Gasteiger partial charge in [0, 0.05) is 23.9 Å². The van der Waals surface area contributed by atoms with Crippen LogP contribution < -0.4 is 0 Å². The molecule has 4 aliphatic carbocycles. The van der Waals surface area contributed by atoms with Gasteiger partial charge in [0.2, 0.25) is 0 Å². The lowest BCUT2D eigenvalue weighted by molar-refractivity contribution is -0.132. The first-order valence-electron chi connectivity index (χ1n) is 12.9. The Labute approximate surface area is 191 Å². The third-order valence-corrected chi connectivity index (χ3v) is 10.4. The number of aromatic nitrogens is 3. The SMILES string of the molecule is CC1(O)CCC2C(CCC3C2CCC2(C)C(C(=O)Cn4ccc5cnnc-5c4)CCC32)C1. The van der Waals surface area contributed by atoms with Gasteiger partial charge in [-0.2, -0.15) is 5.10 Å². The van der Waals surface area contributed by atoms with Gasteiger partial charge in [-0.3, -0.25) is 4.79 Å². The Balaban J connectivity index is 1.18. The number of fused-ring (bicyclic) bond motifs is 6. The minimum absolute atomic E-state index is 0.163. The third kappa shape index (κ3) is 3.26. The quantitative estimate of drug-likeness (QED) is 0.739. The second-order valence-corrected chi connectivity index (χ2v) is 12.1. The Bertz CT molecular complexity index is 983. The number of aliphatic hydroxyl groups is 1. The van der Waals surface area contributed by atoms with Crippen molar-refractivity contribution in [1.82, 2.24) is 14.8 Å². The molecular weight excluding hydrogens is 398 g/mol. The first-order valence-corrected chi connectivity index (χ1v) is 12.9. The minimum atomic E-state index is -0.448. The molecule has 6 rings (SSSR count). The predicted octanol–water partition coefficient (Wildman–Crippen LogP) is 4.97. The van der Waals surface area contributed by atoms with Crippen LogP contribution in [0.3, 0.4) is 0 Å². The van der Waals surface area contributed by atoms with Crippen molar-refractivity contribution in [2.45, 2.75) is 83.8 Å². The molecule has 8 unspecified atom stereocenters. The predicted molar refractivity (Wildman–Crippen MR) is 123 cm³/mol. The van der Waals surface area contributed by atoms with Crippen molar-refractivity contribution < 1.29 is 9.90 Å². The van der Waals surface area contributed by atoms with E-state index in [2.05, 4.69) is 17.1 Å². The minimum Gasteiger partial charge on any atom is -0.390 e. The maximum Gasteiger partial charge on any atom is 0.156 e. The molecule has 8 atom stereocenters. The molecule has 0 amide bonds. The van der Waals surface area contributed by atoms with Crippen LogP contribution in [-0.4, -0.2) is 31.3 Å². The normalized spacial score (nSPS) is 43.5. The highest BCUT2D eigenvalue weighted by Gasteiger charge is 2.58. The second-order valence-electron chi connectivity index (χ2n) is 12.1. The summed E-state index contributed by atoms with van der Waals surface area (Å²) >= 11 is 0. The van der Waals surface area contributed by atoms with Crippen LogP contribution in [0.4, 0.5) is 0 Å². The Morgan fingerprint density at radius 2 is 1.94 bits per heavy atom. The molecule has 0 aromatic rings. The molecule has 32 heavy (non-hydrogen) atoms. The van der Waals surface area contributed by atoms with E-state index in [1.807, 2.05) is 30.0 Å². The molecule has 0 aromatic heterocycles. The lowest BCUT2D eigenvalue weighted by Crippen LogP contribution is -2.51. The van der Waals surface area contributed by atoms with Gasteiger partial charge in [0.25, 0.3) is 0 Å². The molecule has 5 heteroatoms. The van der Waals surface area contributed by atoms with Crippen LogP contribution in [0.2, 0.25) is 0 Å². The van der Waals surface area contributed by atoms with Crippen molar-refractivity contribution >= 4 is 5.78 Å². The molecule has 5 nitrogen and oxygen atoms in total. The zero-order chi connectivity index (χ0) is 22.1. The van der Waals surface area contributed by atoms with Crippen LogP contribution in [0.25, 0.3) is 11.3 Å². The van der Waals surface area contributed by atoms with Crippen LogP contribution in [0.5, 0.6) is 0 Å². The summed E-state index contributed by atoms with van der Waals surface area (Å²) in [6, 6.07) is 2.01. The average Bonchev–Trinajstić information content (AvgIpc) is 3.36. The zero-order valence-corrected chi connectivity index (χ0v) is 19.5. The molecule has 0 saturated heterocycles. The summed E-state index contributed by atoms with van der Waals surface area (Å²) in [6.07, 6.45) is 16.3. The van der Waals surface area contributed by atoms with E-state index in [1.54, 1.807) is 6.20 Å². The molecular formula is C27H37N3O2. The largest absolute Gasteiger partial charge is 0.390 e. The number of pyridine rings is 1. The number of ketones is 1. The molecule has 4 saturated carbocycles. The van der Waals surface area contributed by atoms with E-state index in [9.17, 15) is 9.90 Å². The van der Waals surface area contributed by atoms with Gasteiger partial charge in [-0.15, -0.1) is 5.10 Å². The smallest absolute Gasteiger partial charge is 0.156 e. The summed E-state index contributed by atoms with van der Waals surface area (Å²) in [7, 11) is 0. The van der Waals surface area contributed by atoms with Crippen LogP contribution >= 0.6 is 0 Å². The van der Waals surface area contributed by atoms with Gasteiger partial charge in [-0.1, -0.05) is 6.92 Å². The lowest BCUT2D eigenvalue weighted by Gasteiger charge is -2.56. The summed E-state index contributed by atoms with van der Waals surface area (Å²) in [5.41, 5.74) is 1.60. The number of nitrogens with zero attached hydrogens (tertiary/aromatic N) is 3. The summed E-state index contributed by atoms with van der Waals surface area (Å²) < 4.78 is 2.00. The van der Waals surface area contributed by atoms with Crippen LogP contribution in [-0.2, 0) is 11.3 Å². The van der Waals surface area contributed by atoms with Gasteiger partial charge >= 0.3 is 0 Å². The fraction of sp³-hybridized carbons (Fsp3) is 0.741. The second kappa shape index (κ2) is 7.38. The Kier molecular flexibility index (Phi) is 4.80. The number of carbonyl (C=O) groups is 1. The Morgan fingerprint density at radius 1 is 1.09 bits per heavy atom. The fourth-order valence-corrected chi connectivity index (χ4v) is 8.88. The zero-order valence-electron chi connectivity index (χ0n) is 19.5. The summed E-state index contributed by atoms with van der Waals surface area (Å²) in [4.78, 5) is 13.5. The summed E-state index contributed by atoms with van der Waals surface area (Å²) in [6.45, 7) is 4.93. The summed E-state index contributed by atoms with van der Waals surface area (Å²) in [5, 5.41) is 18.7. The van der Waals surface area contributed by atoms with E-state index in [0.29, 0.717) is 24.2 Å². The van der Waals surface area contributed by atoms with Gasteiger partial charge in [-0.25, -0.2) is 0 Å². The van der Waals surface area contributed by atoms with Gasteiger partial charge in [0.1, 0.15) is 5.69 Å². The molecule has 0 aromatic carbocycles. The molecule has 0 radical (unpaired) electrons. The van der Waals surface area contributed by atoms with E-state index < -0.39 is 5.60 Å². The van der Waals surface area contributed by atoms with Crippen LogP contribution in [0, 0.1) is 40.9 Å². The molecule has 172 valence electrons. The van der Waals surface area contributed by atoms with E-state index in [-0.39, 0.29) is 11.3 Å². The first kappa shape index (κ1) is 20.8. The highest BCUT2D eigenvalue weighted by Crippen LogP contribution is 2.64. The molecule has 2 heterocycles. The van der Waals surface area contributed by atoms with Crippen molar-refractivity contribution in [2.75, 3.05) is 0 Å². The lowest BCUT2D eigenvalue weighted by atomic mass is 9.49. The maximum atomic E-state index is 13.5. The average molecular weight is 436 g/mol. The van der Waals surface area contributed by atoms with E-state index in [1.165, 1.54) is 38.5 Å². The number of hydrogen-bond acceptors (Lipinski definition) is 4. The van der Waals surface area contributed by atoms with Gasteiger partial charge in [-0.05, 0) is 106 Å². The third-order valence-electron chi connectivity index (χ3n) is 10.4. The number of rotatable bonds is 3. The van der Waals surface area contributed by atoms with Crippen molar-refractivity contribution in [3.05, 3.63) is 24.7 Å². The van der Waals surface area contributed by atoms with Crippen LogP contribution in [0.1, 0.15) is 71.6 Å². The summed E-state index contributed by atoms with van der Waals surface area (Å²) in [5.74, 6) is 4.43. The number of Topliss-reactive ketones (excluding diaryl/α,β-unsaturated/α-hetero) is 1. The molecule has 0 bridgehead atoms.